The highest BCUT2D eigenvalue weighted by molar-refractivity contribution is 6.48. The molecular formula is C34H34N2O4. The molecule has 40 heavy (non-hydrogen) atoms. The van der Waals surface area contributed by atoms with E-state index in [-0.39, 0.29) is 22.7 Å². The van der Waals surface area contributed by atoms with Gasteiger partial charge in [0.05, 0.1) is 36.4 Å². The van der Waals surface area contributed by atoms with Gasteiger partial charge < -0.3 is 18.6 Å². The van der Waals surface area contributed by atoms with Crippen molar-refractivity contribution in [2.75, 3.05) is 14.2 Å². The van der Waals surface area contributed by atoms with Gasteiger partial charge in [-0.05, 0) is 39.8 Å². The highest BCUT2D eigenvalue weighted by atomic mass is 16.5. The number of Topliss-reactive ketones (excluding diaryl/α,β-unsaturated/α-hetero) is 2. The van der Waals surface area contributed by atoms with Crippen molar-refractivity contribution in [1.29, 1.82) is 0 Å². The number of benzene rings is 2. The van der Waals surface area contributed by atoms with Gasteiger partial charge in [0.2, 0.25) is 11.6 Å². The maximum Gasteiger partial charge on any atom is 0.232 e. The van der Waals surface area contributed by atoms with E-state index in [0.29, 0.717) is 11.1 Å². The first-order chi connectivity index (χ1) is 19.0. The molecule has 0 spiro atoms. The standard InChI is InChI=1S/C34H34N2O4/c1-9-33(3,4)35-19-23(21-15-11-13-17-25(21)35)27-29(37)32(40-8)28(30(38)31(27)39-7)24-20-36(34(5,6)10-2)26-18-14-12-16-22(24)26/h9-20H,1-2H2,3-8H3. The Kier molecular flexibility index (Phi) is 6.45. The Hall–Kier alpha value is -4.58. The number of ketones is 2. The second-order valence-corrected chi connectivity index (χ2v) is 11.1. The number of para-hydroxylation sites is 2. The lowest BCUT2D eigenvalue weighted by Crippen LogP contribution is -2.25. The van der Waals surface area contributed by atoms with Crippen molar-refractivity contribution in [2.45, 2.75) is 38.8 Å². The molecule has 0 saturated heterocycles. The van der Waals surface area contributed by atoms with Gasteiger partial charge >= 0.3 is 0 Å². The molecule has 0 amide bonds. The van der Waals surface area contributed by atoms with E-state index in [9.17, 15) is 9.59 Å². The summed E-state index contributed by atoms with van der Waals surface area (Å²) in [6.07, 6.45) is 7.48. The van der Waals surface area contributed by atoms with Crippen molar-refractivity contribution in [3.63, 3.8) is 0 Å². The number of nitrogens with zero attached hydrogens (tertiary/aromatic N) is 2. The Labute approximate surface area is 234 Å². The van der Waals surface area contributed by atoms with E-state index in [0.717, 1.165) is 21.8 Å². The SMILES string of the molecule is C=CC(C)(C)n1cc(C2=C(OC)C(=O)C(c3cn(C(C)(C)C=C)c4ccccc34)=C(OC)C2=O)c2ccccc21. The van der Waals surface area contributed by atoms with Crippen LogP contribution in [0.1, 0.15) is 38.8 Å². The Morgan fingerprint density at radius 2 is 1.00 bits per heavy atom. The quantitative estimate of drug-likeness (QED) is 0.180. The lowest BCUT2D eigenvalue weighted by molar-refractivity contribution is -0.117. The summed E-state index contributed by atoms with van der Waals surface area (Å²) >= 11 is 0. The lowest BCUT2D eigenvalue weighted by atomic mass is 9.86. The number of methoxy groups -OCH3 is 2. The molecule has 0 atom stereocenters. The predicted molar refractivity (Wildman–Crippen MR) is 161 cm³/mol. The molecular weight excluding hydrogens is 500 g/mol. The molecule has 0 aliphatic heterocycles. The molecule has 6 heteroatoms. The summed E-state index contributed by atoms with van der Waals surface area (Å²) in [4.78, 5) is 28.6. The zero-order valence-electron chi connectivity index (χ0n) is 23.9. The smallest absolute Gasteiger partial charge is 0.232 e. The summed E-state index contributed by atoms with van der Waals surface area (Å²) in [7, 11) is 2.85. The van der Waals surface area contributed by atoms with Crippen LogP contribution in [0.5, 0.6) is 0 Å². The molecule has 0 fully saturated rings. The Balaban J connectivity index is 1.80. The van der Waals surface area contributed by atoms with Crippen LogP contribution in [0.3, 0.4) is 0 Å². The number of hydrogen-bond donors (Lipinski definition) is 0. The molecule has 0 N–H and O–H groups in total. The maximum atomic E-state index is 14.3. The van der Waals surface area contributed by atoms with Crippen LogP contribution >= 0.6 is 0 Å². The monoisotopic (exact) mass is 534 g/mol. The number of allylic oxidation sites excluding steroid dienone is 4. The first-order valence-corrected chi connectivity index (χ1v) is 13.2. The van der Waals surface area contributed by atoms with Gasteiger partial charge in [0.1, 0.15) is 0 Å². The van der Waals surface area contributed by atoms with Crippen LogP contribution in [0, 0.1) is 0 Å². The van der Waals surface area contributed by atoms with E-state index in [4.69, 9.17) is 9.47 Å². The molecule has 5 rings (SSSR count). The molecule has 204 valence electrons. The zero-order chi connectivity index (χ0) is 29.0. The second-order valence-electron chi connectivity index (χ2n) is 11.1. The summed E-state index contributed by atoms with van der Waals surface area (Å²) in [5.41, 5.74) is 2.49. The third kappa shape index (κ3) is 3.86. The van der Waals surface area contributed by atoms with Gasteiger partial charge in [-0.2, -0.15) is 0 Å². The summed E-state index contributed by atoms with van der Waals surface area (Å²) in [5, 5.41) is 1.65. The molecule has 0 radical (unpaired) electrons. The fourth-order valence-electron chi connectivity index (χ4n) is 5.45. The minimum atomic E-state index is -0.446. The van der Waals surface area contributed by atoms with Crippen LogP contribution in [-0.4, -0.2) is 34.9 Å². The predicted octanol–water partition coefficient (Wildman–Crippen LogP) is 7.01. The molecule has 6 nitrogen and oxygen atoms in total. The molecule has 0 unspecified atom stereocenters. The lowest BCUT2D eigenvalue weighted by Gasteiger charge is -2.24. The number of carbonyl (C=O) groups excluding carboxylic acids is 2. The minimum Gasteiger partial charge on any atom is -0.492 e. The Morgan fingerprint density at radius 3 is 1.32 bits per heavy atom. The maximum absolute atomic E-state index is 14.3. The Morgan fingerprint density at radius 1 is 0.650 bits per heavy atom. The molecule has 2 aromatic heterocycles. The summed E-state index contributed by atoms with van der Waals surface area (Å²) < 4.78 is 15.6. The number of ether oxygens (including phenoxy) is 2. The van der Waals surface area contributed by atoms with E-state index in [2.05, 4.69) is 22.3 Å². The second kappa shape index (κ2) is 9.56. The van der Waals surface area contributed by atoms with Crippen LogP contribution in [0.2, 0.25) is 0 Å². The van der Waals surface area contributed by atoms with Crippen LogP contribution in [-0.2, 0) is 30.1 Å². The number of carbonyl (C=O) groups is 2. The zero-order valence-corrected chi connectivity index (χ0v) is 23.9. The van der Waals surface area contributed by atoms with Gasteiger partial charge in [-0.3, -0.25) is 9.59 Å². The van der Waals surface area contributed by atoms with E-state index in [1.807, 2.05) is 101 Å². The van der Waals surface area contributed by atoms with Crippen LogP contribution in [0.4, 0.5) is 0 Å². The molecule has 0 saturated carbocycles. The highest BCUT2D eigenvalue weighted by Gasteiger charge is 2.41. The number of hydrogen-bond acceptors (Lipinski definition) is 4. The van der Waals surface area contributed by atoms with Crippen molar-refractivity contribution < 1.29 is 19.1 Å². The topological polar surface area (TPSA) is 62.5 Å². The number of rotatable bonds is 8. The summed E-state index contributed by atoms with van der Waals surface area (Å²) in [5.74, 6) is -0.846. The van der Waals surface area contributed by atoms with Crippen molar-refractivity contribution in [3.8, 4) is 0 Å². The van der Waals surface area contributed by atoms with Gasteiger partial charge in [0.25, 0.3) is 0 Å². The highest BCUT2D eigenvalue weighted by Crippen LogP contribution is 2.43. The van der Waals surface area contributed by atoms with Crippen molar-refractivity contribution in [1.82, 2.24) is 9.13 Å². The molecule has 1 aliphatic rings. The van der Waals surface area contributed by atoms with E-state index < -0.39 is 22.6 Å². The first kappa shape index (κ1) is 27.0. The molecule has 1 aliphatic carbocycles. The third-order valence-electron chi connectivity index (χ3n) is 7.93. The van der Waals surface area contributed by atoms with E-state index >= 15 is 0 Å². The van der Waals surface area contributed by atoms with Crippen LogP contribution in [0.15, 0.2) is 97.8 Å². The van der Waals surface area contributed by atoms with Crippen molar-refractivity contribution in [2.24, 2.45) is 0 Å². The third-order valence-corrected chi connectivity index (χ3v) is 7.93. The normalized spacial score (nSPS) is 14.8. The molecule has 2 aromatic carbocycles. The van der Waals surface area contributed by atoms with Gasteiger partial charge in [-0.1, -0.05) is 48.6 Å². The minimum absolute atomic E-state index is 0.0140. The fourth-order valence-corrected chi connectivity index (χ4v) is 5.45. The van der Waals surface area contributed by atoms with E-state index in [1.54, 1.807) is 0 Å². The first-order valence-electron chi connectivity index (χ1n) is 13.2. The molecule has 4 aromatic rings. The van der Waals surface area contributed by atoms with Gasteiger partial charge in [-0.15, -0.1) is 13.2 Å². The van der Waals surface area contributed by atoms with Gasteiger partial charge in [-0.25, -0.2) is 0 Å². The Bertz CT molecular complexity index is 1660. The number of fused-ring (bicyclic) bond motifs is 2. The van der Waals surface area contributed by atoms with Crippen molar-refractivity contribution in [3.05, 3.63) is 109 Å². The average Bonchev–Trinajstić information content (AvgIpc) is 3.54. The average molecular weight is 535 g/mol. The molecule has 0 bridgehead atoms. The van der Waals surface area contributed by atoms with Crippen LogP contribution < -0.4 is 0 Å². The fraction of sp³-hybridized carbons (Fsp3) is 0.235. The summed E-state index contributed by atoms with van der Waals surface area (Å²) in [6.45, 7) is 16.1. The number of aromatic nitrogens is 2. The van der Waals surface area contributed by atoms with Crippen LogP contribution in [0.25, 0.3) is 33.0 Å². The summed E-state index contributed by atoms with van der Waals surface area (Å²) in [6, 6.07) is 15.6. The largest absolute Gasteiger partial charge is 0.492 e. The van der Waals surface area contributed by atoms with Crippen molar-refractivity contribution >= 4 is 44.5 Å². The van der Waals surface area contributed by atoms with E-state index in [1.165, 1.54) is 14.2 Å². The molecule has 2 heterocycles. The van der Waals surface area contributed by atoms with Gasteiger partial charge in [0, 0.05) is 45.3 Å². The van der Waals surface area contributed by atoms with Gasteiger partial charge in [0.15, 0.2) is 11.5 Å².